The van der Waals surface area contributed by atoms with Crippen LogP contribution in [0.4, 0.5) is 5.69 Å². The summed E-state index contributed by atoms with van der Waals surface area (Å²) in [6.07, 6.45) is 7.29. The number of nitro benzene ring substituents is 1. The van der Waals surface area contributed by atoms with Crippen LogP contribution in [-0.4, -0.2) is 75.3 Å². The first-order valence-electron chi connectivity index (χ1n) is 11.8. The molecule has 0 unspecified atom stereocenters. The number of ether oxygens (including phenoxy) is 1. The standard InChI is InChI=1S/C25H27N3O7/c1-26-9-8-24-21-15-11-19(26)25(24,31)7-5-16(27(2)20(30)4-3-14-6-10-34-13-14)23(24)35-22(21)18(29)12-17(15)28(32)33/h3-4,6,10,12-13,16,19,23,29,31H,5,7-9,11H2,1-2H3/b4-3+/t16-,19-,23+,24+,25-/m1/s1. The van der Waals surface area contributed by atoms with Crippen LogP contribution in [0.15, 0.2) is 35.2 Å². The molecule has 2 aliphatic heterocycles. The minimum Gasteiger partial charge on any atom is -0.504 e. The van der Waals surface area contributed by atoms with Crippen LogP contribution in [0.3, 0.4) is 0 Å². The third-order valence-corrected chi connectivity index (χ3v) is 8.81. The molecule has 10 nitrogen and oxygen atoms in total. The van der Waals surface area contributed by atoms with Crippen molar-refractivity contribution in [2.45, 2.75) is 54.9 Å². The van der Waals surface area contributed by atoms with E-state index >= 15 is 0 Å². The Kier molecular flexibility index (Phi) is 4.62. The lowest BCUT2D eigenvalue weighted by Gasteiger charge is -2.64. The fourth-order valence-electron chi connectivity index (χ4n) is 7.17. The fourth-order valence-corrected chi connectivity index (χ4v) is 7.17. The van der Waals surface area contributed by atoms with Gasteiger partial charge in [0, 0.05) is 35.9 Å². The fraction of sp³-hybridized carbons (Fsp3) is 0.480. The molecule has 2 aromatic rings. The number of rotatable bonds is 4. The van der Waals surface area contributed by atoms with Crippen LogP contribution in [0.25, 0.3) is 6.08 Å². The van der Waals surface area contributed by atoms with Gasteiger partial charge in [0.15, 0.2) is 11.5 Å². The van der Waals surface area contributed by atoms with E-state index in [4.69, 9.17) is 9.15 Å². The molecule has 1 saturated heterocycles. The third-order valence-electron chi connectivity index (χ3n) is 8.81. The number of carbonyl (C=O) groups is 1. The number of nitrogens with zero attached hydrogens (tertiary/aromatic N) is 3. The second kappa shape index (κ2) is 7.32. The molecule has 1 saturated carbocycles. The number of nitro groups is 1. The molecule has 5 atom stereocenters. The number of likely N-dealkylation sites (N-methyl/N-ethyl adjacent to an activating group) is 2. The smallest absolute Gasteiger partial charge is 0.276 e. The van der Waals surface area contributed by atoms with Crippen LogP contribution in [0, 0.1) is 10.1 Å². The number of carbonyl (C=O) groups excluding carboxylic acids is 1. The SMILES string of the molecule is CN1CC[C@]23c4c5c([N+](=O)[O-])cc(O)c4O[C@H]2[C@H](N(C)C(=O)/C=C/c2ccoc2)CC[C@@]3(O)[C@H]1C5. The minimum absolute atomic E-state index is 0.151. The molecule has 1 aromatic carbocycles. The molecule has 3 heterocycles. The van der Waals surface area contributed by atoms with Crippen molar-refractivity contribution >= 4 is 17.7 Å². The lowest BCUT2D eigenvalue weighted by atomic mass is 9.48. The molecule has 2 fully saturated rings. The summed E-state index contributed by atoms with van der Waals surface area (Å²) in [6, 6.07) is 2.18. The summed E-state index contributed by atoms with van der Waals surface area (Å²) >= 11 is 0. The average Bonchev–Trinajstić information content (AvgIpc) is 3.46. The largest absolute Gasteiger partial charge is 0.504 e. The summed E-state index contributed by atoms with van der Waals surface area (Å²) in [7, 11) is 3.64. The highest BCUT2D eigenvalue weighted by atomic mass is 16.6. The van der Waals surface area contributed by atoms with Crippen molar-refractivity contribution in [3.63, 3.8) is 0 Å². The van der Waals surface area contributed by atoms with Gasteiger partial charge in [0.05, 0.1) is 40.6 Å². The van der Waals surface area contributed by atoms with Crippen LogP contribution in [0.5, 0.6) is 11.5 Å². The van der Waals surface area contributed by atoms with Crippen molar-refractivity contribution in [2.24, 2.45) is 0 Å². The maximum absolute atomic E-state index is 13.1. The van der Waals surface area contributed by atoms with Crippen LogP contribution in [0.1, 0.15) is 36.0 Å². The van der Waals surface area contributed by atoms with E-state index < -0.39 is 28.1 Å². The molecule has 1 amide bonds. The Morgan fingerprint density at radius 3 is 2.91 bits per heavy atom. The molecule has 6 rings (SSSR count). The molecule has 2 bridgehead atoms. The Morgan fingerprint density at radius 2 is 2.20 bits per heavy atom. The van der Waals surface area contributed by atoms with E-state index in [0.717, 1.165) is 11.6 Å². The predicted octanol–water partition coefficient (Wildman–Crippen LogP) is 2.22. The Morgan fingerprint density at radius 1 is 1.40 bits per heavy atom. The molecule has 0 radical (unpaired) electrons. The summed E-state index contributed by atoms with van der Waals surface area (Å²) in [5.74, 6) is -0.321. The van der Waals surface area contributed by atoms with Crippen LogP contribution < -0.4 is 4.74 Å². The van der Waals surface area contributed by atoms with Crippen molar-refractivity contribution < 1.29 is 29.1 Å². The minimum atomic E-state index is -1.20. The van der Waals surface area contributed by atoms with Gasteiger partial charge in [-0.1, -0.05) is 0 Å². The van der Waals surface area contributed by atoms with Crippen molar-refractivity contribution in [1.82, 2.24) is 9.80 Å². The first-order valence-corrected chi connectivity index (χ1v) is 11.8. The summed E-state index contributed by atoms with van der Waals surface area (Å²) in [4.78, 5) is 28.3. The van der Waals surface area contributed by atoms with E-state index in [9.17, 15) is 25.1 Å². The number of piperidine rings is 1. The highest BCUT2D eigenvalue weighted by Crippen LogP contribution is 2.66. The first-order chi connectivity index (χ1) is 16.7. The molecule has 1 aromatic heterocycles. The van der Waals surface area contributed by atoms with Gasteiger partial charge in [-0.25, -0.2) is 0 Å². The molecule has 2 N–H and O–H groups in total. The van der Waals surface area contributed by atoms with E-state index in [1.54, 1.807) is 24.1 Å². The number of likely N-dealkylation sites (tertiary alicyclic amines) is 1. The predicted molar refractivity (Wildman–Crippen MR) is 124 cm³/mol. The number of aliphatic hydroxyl groups is 1. The normalized spacial score (nSPS) is 32.8. The van der Waals surface area contributed by atoms with Crippen LogP contribution >= 0.6 is 0 Å². The van der Waals surface area contributed by atoms with Gasteiger partial charge in [0.1, 0.15) is 6.10 Å². The molecular weight excluding hydrogens is 454 g/mol. The number of phenols is 1. The molecule has 4 aliphatic rings. The van der Waals surface area contributed by atoms with Crippen molar-refractivity contribution in [2.75, 3.05) is 20.6 Å². The molecular formula is C25H27N3O7. The van der Waals surface area contributed by atoms with Crippen LogP contribution in [0.2, 0.25) is 0 Å². The Labute approximate surface area is 201 Å². The van der Waals surface area contributed by atoms with Crippen molar-refractivity contribution in [3.05, 3.63) is 57.5 Å². The third kappa shape index (κ3) is 2.75. The van der Waals surface area contributed by atoms with Gasteiger partial charge in [-0.3, -0.25) is 14.9 Å². The van der Waals surface area contributed by atoms with Crippen LogP contribution in [-0.2, 0) is 16.6 Å². The quantitative estimate of drug-likeness (QED) is 0.386. The van der Waals surface area contributed by atoms with Crippen molar-refractivity contribution in [3.8, 4) is 11.5 Å². The number of amides is 1. The lowest BCUT2D eigenvalue weighted by Crippen LogP contribution is -2.77. The maximum atomic E-state index is 13.1. The zero-order valence-electron chi connectivity index (χ0n) is 19.5. The summed E-state index contributed by atoms with van der Waals surface area (Å²) in [6.45, 7) is 0.667. The highest BCUT2D eigenvalue weighted by molar-refractivity contribution is 5.92. The maximum Gasteiger partial charge on any atom is 0.276 e. The second-order valence-electron chi connectivity index (χ2n) is 10.2. The van der Waals surface area contributed by atoms with Gasteiger partial charge >= 0.3 is 0 Å². The molecule has 10 heteroatoms. The van der Waals surface area contributed by atoms with Gasteiger partial charge < -0.3 is 29.2 Å². The summed E-state index contributed by atoms with van der Waals surface area (Å²) in [5, 5.41) is 35.0. The number of benzene rings is 1. The highest BCUT2D eigenvalue weighted by Gasteiger charge is 2.73. The first kappa shape index (κ1) is 22.1. The molecule has 2 aliphatic carbocycles. The average molecular weight is 482 g/mol. The monoisotopic (exact) mass is 481 g/mol. The molecule has 35 heavy (non-hydrogen) atoms. The number of hydrogen-bond donors (Lipinski definition) is 2. The molecule has 184 valence electrons. The number of hydrogen-bond acceptors (Lipinski definition) is 8. The van der Waals surface area contributed by atoms with Gasteiger partial charge in [-0.2, -0.15) is 0 Å². The number of phenolic OH excluding ortho intramolecular Hbond substituents is 1. The van der Waals surface area contributed by atoms with Gasteiger partial charge in [-0.05, 0) is 51.4 Å². The van der Waals surface area contributed by atoms with E-state index in [0.29, 0.717) is 43.4 Å². The van der Waals surface area contributed by atoms with Gasteiger partial charge in [0.2, 0.25) is 5.91 Å². The lowest BCUT2D eigenvalue weighted by molar-refractivity contribution is -0.386. The van der Waals surface area contributed by atoms with E-state index in [-0.39, 0.29) is 29.1 Å². The van der Waals surface area contributed by atoms with E-state index in [1.807, 2.05) is 7.05 Å². The van der Waals surface area contributed by atoms with Gasteiger partial charge in [-0.15, -0.1) is 0 Å². The van der Waals surface area contributed by atoms with Crippen molar-refractivity contribution in [1.29, 1.82) is 0 Å². The number of furan rings is 1. The zero-order chi connectivity index (χ0) is 24.7. The number of aromatic hydroxyl groups is 1. The zero-order valence-corrected chi connectivity index (χ0v) is 19.5. The molecule has 1 spiro atoms. The van der Waals surface area contributed by atoms with E-state index in [2.05, 4.69) is 4.90 Å². The summed E-state index contributed by atoms with van der Waals surface area (Å²) in [5.41, 5.74) is -0.469. The Balaban J connectivity index is 1.47. The second-order valence-corrected chi connectivity index (χ2v) is 10.2. The topological polar surface area (TPSA) is 130 Å². The Hall–Kier alpha value is -3.37. The van der Waals surface area contributed by atoms with E-state index in [1.165, 1.54) is 18.6 Å². The van der Waals surface area contributed by atoms with Gasteiger partial charge in [0.25, 0.3) is 5.69 Å². The summed E-state index contributed by atoms with van der Waals surface area (Å²) < 4.78 is 11.4. The Bertz CT molecular complexity index is 1260.